The first-order chi connectivity index (χ1) is 12.7. The summed E-state index contributed by atoms with van der Waals surface area (Å²) in [6, 6.07) is 11.0. The predicted molar refractivity (Wildman–Crippen MR) is 95.4 cm³/mol. The molecule has 0 unspecified atom stereocenters. The van der Waals surface area contributed by atoms with Crippen LogP contribution in [0.1, 0.15) is 21.5 Å². The summed E-state index contributed by atoms with van der Waals surface area (Å²) in [5, 5.41) is 0. The van der Waals surface area contributed by atoms with E-state index in [2.05, 4.69) is 0 Å². The van der Waals surface area contributed by atoms with Crippen LogP contribution in [-0.4, -0.2) is 37.3 Å². The van der Waals surface area contributed by atoms with E-state index in [9.17, 15) is 22.8 Å². The Bertz CT molecular complexity index is 840. The molecule has 0 aliphatic carbocycles. The first kappa shape index (κ1) is 20.2. The van der Waals surface area contributed by atoms with Gasteiger partial charge in [-0.05, 0) is 42.0 Å². The van der Waals surface area contributed by atoms with Crippen molar-refractivity contribution < 1.29 is 27.5 Å². The number of hydrogen-bond acceptors (Lipinski definition) is 3. The molecule has 0 radical (unpaired) electrons. The predicted octanol–water partition coefficient (Wildman–Crippen LogP) is 4.07. The van der Waals surface area contributed by atoms with Crippen molar-refractivity contribution in [2.45, 2.75) is 6.18 Å². The molecule has 0 fully saturated rings. The lowest BCUT2D eigenvalue weighted by atomic mass is 10.0. The van der Waals surface area contributed by atoms with E-state index in [-0.39, 0.29) is 18.1 Å². The normalized spacial score (nSPS) is 11.4. The molecule has 2 rings (SSSR count). The number of amides is 1. The molecule has 0 atom stereocenters. The Balaban J connectivity index is 2.07. The van der Waals surface area contributed by atoms with E-state index in [4.69, 9.17) is 4.74 Å². The SMILES string of the molecule is CN(C)C(=O)COc1ccc(C(=O)/C=C/c2ccccc2C(F)(F)F)cc1. The van der Waals surface area contributed by atoms with Crippen molar-refractivity contribution in [2.75, 3.05) is 20.7 Å². The molecule has 0 heterocycles. The molecule has 0 spiro atoms. The summed E-state index contributed by atoms with van der Waals surface area (Å²) >= 11 is 0. The quantitative estimate of drug-likeness (QED) is 0.563. The van der Waals surface area contributed by atoms with Gasteiger partial charge in [0.05, 0.1) is 5.56 Å². The highest BCUT2D eigenvalue weighted by atomic mass is 19.4. The zero-order valence-electron chi connectivity index (χ0n) is 14.8. The maximum Gasteiger partial charge on any atom is 0.416 e. The molecule has 0 bridgehead atoms. The van der Waals surface area contributed by atoms with Crippen LogP contribution in [0.3, 0.4) is 0 Å². The van der Waals surface area contributed by atoms with Crippen molar-refractivity contribution >= 4 is 17.8 Å². The van der Waals surface area contributed by atoms with Gasteiger partial charge in [0.1, 0.15) is 5.75 Å². The molecule has 1 amide bonds. The van der Waals surface area contributed by atoms with E-state index < -0.39 is 17.5 Å². The molecule has 7 heteroatoms. The maximum atomic E-state index is 13.0. The average molecular weight is 377 g/mol. The van der Waals surface area contributed by atoms with E-state index >= 15 is 0 Å². The fourth-order valence-corrected chi connectivity index (χ4v) is 2.15. The van der Waals surface area contributed by atoms with Gasteiger partial charge in [-0.2, -0.15) is 13.2 Å². The van der Waals surface area contributed by atoms with Crippen LogP contribution in [0.25, 0.3) is 6.08 Å². The molecule has 4 nitrogen and oxygen atoms in total. The number of carbonyl (C=O) groups excluding carboxylic acids is 2. The maximum absolute atomic E-state index is 13.0. The largest absolute Gasteiger partial charge is 0.484 e. The summed E-state index contributed by atoms with van der Waals surface area (Å²) in [5.41, 5.74) is -0.592. The summed E-state index contributed by atoms with van der Waals surface area (Å²) in [5.74, 6) is -0.238. The monoisotopic (exact) mass is 377 g/mol. The van der Waals surface area contributed by atoms with Gasteiger partial charge in [0.2, 0.25) is 0 Å². The molecule has 2 aromatic carbocycles. The number of benzene rings is 2. The summed E-state index contributed by atoms with van der Waals surface area (Å²) in [4.78, 5) is 25.0. The van der Waals surface area contributed by atoms with Gasteiger partial charge in [-0.25, -0.2) is 0 Å². The van der Waals surface area contributed by atoms with Gasteiger partial charge in [0, 0.05) is 19.7 Å². The third-order valence-corrected chi connectivity index (χ3v) is 3.68. The Morgan fingerprint density at radius 2 is 1.67 bits per heavy atom. The van der Waals surface area contributed by atoms with Crippen LogP contribution in [0.5, 0.6) is 5.75 Å². The zero-order chi connectivity index (χ0) is 20.0. The fourth-order valence-electron chi connectivity index (χ4n) is 2.15. The Morgan fingerprint density at radius 1 is 1.04 bits per heavy atom. The lowest BCUT2D eigenvalue weighted by molar-refractivity contribution is -0.137. The molecule has 0 saturated heterocycles. The first-order valence-corrected chi connectivity index (χ1v) is 8.00. The number of carbonyl (C=O) groups is 2. The van der Waals surface area contributed by atoms with E-state index in [1.165, 1.54) is 47.4 Å². The number of allylic oxidation sites excluding steroid dienone is 1. The van der Waals surface area contributed by atoms with Crippen molar-refractivity contribution in [3.63, 3.8) is 0 Å². The second-order valence-corrected chi connectivity index (χ2v) is 5.88. The van der Waals surface area contributed by atoms with Crippen LogP contribution in [0, 0.1) is 0 Å². The number of rotatable bonds is 6. The van der Waals surface area contributed by atoms with Crippen molar-refractivity contribution in [3.8, 4) is 5.75 Å². The summed E-state index contributed by atoms with van der Waals surface area (Å²) < 4.78 is 44.2. The minimum atomic E-state index is -4.49. The molecular weight excluding hydrogens is 359 g/mol. The molecular formula is C20H18F3NO3. The molecule has 0 aromatic heterocycles. The van der Waals surface area contributed by atoms with Crippen molar-refractivity contribution in [2.24, 2.45) is 0 Å². The van der Waals surface area contributed by atoms with Crippen LogP contribution in [0.2, 0.25) is 0 Å². The van der Waals surface area contributed by atoms with Gasteiger partial charge < -0.3 is 9.64 Å². The van der Waals surface area contributed by atoms with Gasteiger partial charge in [-0.15, -0.1) is 0 Å². The Kier molecular flexibility index (Phi) is 6.39. The zero-order valence-corrected chi connectivity index (χ0v) is 14.8. The van der Waals surface area contributed by atoms with Crippen LogP contribution in [0.15, 0.2) is 54.6 Å². The third-order valence-electron chi connectivity index (χ3n) is 3.68. The molecule has 0 N–H and O–H groups in total. The Labute approximate surface area is 154 Å². The van der Waals surface area contributed by atoms with Crippen molar-refractivity contribution in [3.05, 3.63) is 71.3 Å². The summed E-state index contributed by atoms with van der Waals surface area (Å²) in [6.45, 7) is -0.131. The molecule has 142 valence electrons. The molecule has 0 aliphatic heterocycles. The standard InChI is InChI=1S/C20H18F3NO3/c1-24(2)19(26)13-27-16-10-7-15(8-11-16)18(25)12-9-14-5-3-4-6-17(14)20(21,22)23/h3-12H,13H2,1-2H3/b12-9+. The van der Waals surface area contributed by atoms with Gasteiger partial charge >= 0.3 is 6.18 Å². The smallest absolute Gasteiger partial charge is 0.416 e. The van der Waals surface area contributed by atoms with Gasteiger partial charge in [-0.1, -0.05) is 24.3 Å². The van der Waals surface area contributed by atoms with Gasteiger partial charge in [0.15, 0.2) is 12.4 Å². The number of nitrogens with zero attached hydrogens (tertiary/aromatic N) is 1. The topological polar surface area (TPSA) is 46.6 Å². The Morgan fingerprint density at radius 3 is 2.26 bits per heavy atom. The fraction of sp³-hybridized carbons (Fsp3) is 0.200. The lowest BCUT2D eigenvalue weighted by Crippen LogP contribution is -2.27. The third kappa shape index (κ3) is 5.70. The number of alkyl halides is 3. The number of ketones is 1. The summed E-state index contributed by atoms with van der Waals surface area (Å²) in [7, 11) is 3.22. The molecule has 0 saturated carbocycles. The lowest BCUT2D eigenvalue weighted by Gasteiger charge is -2.11. The number of halogens is 3. The van der Waals surface area contributed by atoms with Gasteiger partial charge in [-0.3, -0.25) is 9.59 Å². The number of ether oxygens (including phenoxy) is 1. The summed E-state index contributed by atoms with van der Waals surface area (Å²) in [6.07, 6.45) is -2.26. The molecule has 0 aliphatic rings. The van der Waals surface area contributed by atoms with Crippen LogP contribution in [0.4, 0.5) is 13.2 Å². The average Bonchev–Trinajstić information content (AvgIpc) is 2.64. The Hall–Kier alpha value is -3.09. The highest BCUT2D eigenvalue weighted by Crippen LogP contribution is 2.32. The second kappa shape index (κ2) is 8.53. The van der Waals surface area contributed by atoms with Crippen molar-refractivity contribution in [1.82, 2.24) is 4.90 Å². The second-order valence-electron chi connectivity index (χ2n) is 5.88. The van der Waals surface area contributed by atoms with Crippen molar-refractivity contribution in [1.29, 1.82) is 0 Å². The number of hydrogen-bond donors (Lipinski definition) is 0. The van der Waals surface area contributed by atoms with Crippen LogP contribution in [-0.2, 0) is 11.0 Å². The minimum absolute atomic E-state index is 0.0829. The molecule has 27 heavy (non-hydrogen) atoms. The highest BCUT2D eigenvalue weighted by molar-refractivity contribution is 6.06. The van der Waals surface area contributed by atoms with Crippen LogP contribution < -0.4 is 4.74 Å². The first-order valence-electron chi connectivity index (χ1n) is 8.00. The minimum Gasteiger partial charge on any atom is -0.484 e. The highest BCUT2D eigenvalue weighted by Gasteiger charge is 2.32. The molecule has 2 aromatic rings. The van der Waals surface area contributed by atoms with E-state index in [1.54, 1.807) is 14.1 Å². The van der Waals surface area contributed by atoms with E-state index in [0.717, 1.165) is 18.2 Å². The van der Waals surface area contributed by atoms with E-state index in [0.29, 0.717) is 11.3 Å². The van der Waals surface area contributed by atoms with E-state index in [1.807, 2.05) is 0 Å². The van der Waals surface area contributed by atoms with Crippen LogP contribution >= 0.6 is 0 Å². The van der Waals surface area contributed by atoms with Gasteiger partial charge in [0.25, 0.3) is 5.91 Å². The number of likely N-dealkylation sites (N-methyl/N-ethyl adjacent to an activating group) is 1.